The molecule has 0 radical (unpaired) electrons. The fourth-order valence-corrected chi connectivity index (χ4v) is 0. The highest BCUT2D eigenvalue weighted by Gasteiger charge is 0.885. The molecule has 0 aliphatic heterocycles. The van der Waals surface area contributed by atoms with Crippen molar-refractivity contribution in [2.24, 2.45) is 0 Å². The molecule has 2 nitrogen and oxygen atoms in total. The van der Waals surface area contributed by atoms with Crippen molar-refractivity contribution in [1.82, 2.24) is 0 Å². The normalized spacial score (nSPS) is 3.00. The Hall–Kier alpha value is 0.620. The molecule has 2 N–H and O–H groups in total. The maximum Gasteiger partial charge on any atom is -0.115 e. The van der Waals surface area contributed by atoms with Crippen LogP contribution in [0.2, 0.25) is 0 Å². The van der Waals surface area contributed by atoms with E-state index in [1.54, 1.807) is 0 Å². The second-order valence-corrected chi connectivity index (χ2v) is 0. The molecule has 0 rings (SSSR count). The van der Waals surface area contributed by atoms with Crippen LogP contribution in [0.1, 0.15) is 0 Å². The summed E-state index contributed by atoms with van der Waals surface area (Å²) in [6, 6.07) is 0. The SMILES string of the molecule is OO.SS. The van der Waals surface area contributed by atoms with Gasteiger partial charge in [-0.15, -0.1) is 23.3 Å². The molecule has 28 valence electrons. The Bertz CT molecular complexity index is 4.00. The molecule has 4 heteroatoms. The Balaban J connectivity index is 0. The van der Waals surface area contributed by atoms with Gasteiger partial charge in [0.1, 0.15) is 0 Å². The average Bonchev–Trinajstić information content (AvgIpc) is 1.50. The lowest BCUT2D eigenvalue weighted by atomic mass is 15.0. The number of hydrogen-bond donors (Lipinski definition) is 4. The average molecular weight is 100 g/mol. The van der Waals surface area contributed by atoms with E-state index in [4.69, 9.17) is 10.5 Å². The van der Waals surface area contributed by atoms with Crippen LogP contribution in [0, 0.1) is 0 Å². The van der Waals surface area contributed by atoms with Gasteiger partial charge in [0.25, 0.3) is 0 Å². The van der Waals surface area contributed by atoms with E-state index >= 15 is 0 Å². The quantitative estimate of drug-likeness (QED) is 0.157. The van der Waals surface area contributed by atoms with Crippen LogP contribution in [0.4, 0.5) is 0 Å². The second kappa shape index (κ2) is 64.6. The molecule has 0 aromatic heterocycles. The summed E-state index contributed by atoms with van der Waals surface area (Å²) in [6.45, 7) is 0. The van der Waals surface area contributed by atoms with Gasteiger partial charge in [0.05, 0.1) is 0 Å². The van der Waals surface area contributed by atoms with Gasteiger partial charge in [-0.05, 0) is 0 Å². The van der Waals surface area contributed by atoms with E-state index in [1.807, 2.05) is 0 Å². The predicted molar refractivity (Wildman–Crippen MR) is 23.2 cm³/mol. The first-order chi connectivity index (χ1) is 2.00. The third-order valence-electron chi connectivity index (χ3n) is 0. The lowest BCUT2D eigenvalue weighted by Gasteiger charge is -1.25. The minimum absolute atomic E-state index is 3.22. The molecule has 0 heterocycles. The highest BCUT2D eigenvalue weighted by atomic mass is 33.1. The molecular formula is H4O2S2. The zero-order valence-electron chi connectivity index (χ0n) is 1.79. The molecule has 0 aromatic rings. The molecule has 0 aliphatic rings. The van der Waals surface area contributed by atoms with Crippen molar-refractivity contribution in [1.29, 1.82) is 0 Å². The summed E-state index contributed by atoms with van der Waals surface area (Å²) < 4.78 is 0. The molecule has 4 heavy (non-hydrogen) atoms. The van der Waals surface area contributed by atoms with Gasteiger partial charge in [-0.2, -0.15) is 0 Å². The van der Waals surface area contributed by atoms with Crippen molar-refractivity contribution in [3.8, 4) is 0 Å². The van der Waals surface area contributed by atoms with Crippen LogP contribution in [0.5, 0.6) is 0 Å². The van der Waals surface area contributed by atoms with E-state index in [0.29, 0.717) is 0 Å². The van der Waals surface area contributed by atoms with E-state index in [2.05, 4.69) is 23.3 Å². The molecule has 0 unspecified atom stereocenters. The molecule has 0 aromatic carbocycles. The molecule has 0 saturated carbocycles. The van der Waals surface area contributed by atoms with Crippen molar-refractivity contribution >= 4 is 23.3 Å². The van der Waals surface area contributed by atoms with Gasteiger partial charge in [0, 0.05) is 0 Å². The fourth-order valence-electron chi connectivity index (χ4n) is 0. The molecule has 0 aliphatic carbocycles. The van der Waals surface area contributed by atoms with E-state index < -0.39 is 0 Å². The van der Waals surface area contributed by atoms with Crippen molar-refractivity contribution < 1.29 is 10.5 Å². The van der Waals surface area contributed by atoms with Crippen molar-refractivity contribution in [3.05, 3.63) is 0 Å². The largest absolute Gasteiger partial charge is 0.255 e. The van der Waals surface area contributed by atoms with Crippen LogP contribution < -0.4 is 0 Å². The molecule has 0 spiro atoms. The van der Waals surface area contributed by atoms with Crippen LogP contribution in [-0.4, -0.2) is 10.5 Å². The van der Waals surface area contributed by atoms with E-state index in [-0.39, 0.29) is 0 Å². The van der Waals surface area contributed by atoms with Crippen LogP contribution >= 0.6 is 23.3 Å². The van der Waals surface area contributed by atoms with Gasteiger partial charge < -0.3 is 0 Å². The molecule has 0 amide bonds. The second-order valence-electron chi connectivity index (χ2n) is 0. The van der Waals surface area contributed by atoms with Gasteiger partial charge in [-0.25, -0.2) is 0 Å². The zero-order chi connectivity index (χ0) is 4.00. The maximum atomic E-state index is 6.00. The summed E-state index contributed by atoms with van der Waals surface area (Å²) in [7, 11) is 0. The summed E-state index contributed by atoms with van der Waals surface area (Å²) in [5.41, 5.74) is 0. The minimum Gasteiger partial charge on any atom is -0.255 e. The molecular weight excluding hydrogens is 96.1 g/mol. The highest BCUT2D eigenvalue weighted by Crippen LogP contribution is 1.65. The predicted octanol–water partition coefficient (Wildman–Crippen LogP) is 0.778. The van der Waals surface area contributed by atoms with Gasteiger partial charge >= 0.3 is 0 Å². The highest BCUT2D eigenvalue weighted by molar-refractivity contribution is 8.59. The van der Waals surface area contributed by atoms with Crippen LogP contribution in [0.3, 0.4) is 0 Å². The number of rotatable bonds is 0. The van der Waals surface area contributed by atoms with E-state index in [0.717, 1.165) is 0 Å². The minimum atomic E-state index is 3.22. The summed E-state index contributed by atoms with van der Waals surface area (Å²) >= 11 is 6.44. The van der Waals surface area contributed by atoms with Crippen molar-refractivity contribution in [3.63, 3.8) is 0 Å². The van der Waals surface area contributed by atoms with Crippen molar-refractivity contribution in [2.45, 2.75) is 0 Å². The van der Waals surface area contributed by atoms with Crippen LogP contribution in [0.25, 0.3) is 0 Å². The van der Waals surface area contributed by atoms with Gasteiger partial charge in [0.15, 0.2) is 0 Å². The summed E-state index contributed by atoms with van der Waals surface area (Å²) in [6.07, 6.45) is 0. The molecule has 0 atom stereocenters. The third-order valence-corrected chi connectivity index (χ3v) is 0. The lowest BCUT2D eigenvalue weighted by Crippen LogP contribution is -1.29. The van der Waals surface area contributed by atoms with Crippen LogP contribution in [-0.2, 0) is 0 Å². The fraction of sp³-hybridized carbons (Fsp3) is 0. The van der Waals surface area contributed by atoms with E-state index in [1.165, 1.54) is 0 Å². The summed E-state index contributed by atoms with van der Waals surface area (Å²) in [5, 5.41) is 12.0. The zero-order valence-corrected chi connectivity index (χ0v) is 3.58. The Morgan fingerprint density at radius 2 is 1.00 bits per heavy atom. The van der Waals surface area contributed by atoms with Crippen LogP contribution in [0.15, 0.2) is 0 Å². The third kappa shape index (κ3) is 17.9. The molecule has 0 bridgehead atoms. The monoisotopic (exact) mass is 100.0 g/mol. The van der Waals surface area contributed by atoms with Gasteiger partial charge in [0.2, 0.25) is 0 Å². The number of thiol groups is 2. The maximum absolute atomic E-state index is 6.00. The number of hydrogen-bond acceptors (Lipinski definition) is 4. The Kier molecular flexibility index (Phi) is 143. The standard InChI is InChI=1S/H2O2.H2S2/c2*1-2/h2*1-2H. The Morgan fingerprint density at radius 1 is 1.00 bits per heavy atom. The Labute approximate surface area is 34.6 Å². The summed E-state index contributed by atoms with van der Waals surface area (Å²) in [4.78, 5) is 0. The summed E-state index contributed by atoms with van der Waals surface area (Å²) in [5.74, 6) is 0. The first-order valence-electron chi connectivity index (χ1n) is 0.400. The first kappa shape index (κ1) is 8.82. The molecule has 0 saturated heterocycles. The van der Waals surface area contributed by atoms with Crippen molar-refractivity contribution in [2.75, 3.05) is 0 Å². The van der Waals surface area contributed by atoms with E-state index in [9.17, 15) is 0 Å². The van der Waals surface area contributed by atoms with Gasteiger partial charge in [-0.3, -0.25) is 10.5 Å². The molecule has 0 fully saturated rings. The Morgan fingerprint density at radius 3 is 1.00 bits per heavy atom. The topological polar surface area (TPSA) is 40.5 Å². The smallest absolute Gasteiger partial charge is 0.115 e. The van der Waals surface area contributed by atoms with Gasteiger partial charge in [-0.1, -0.05) is 0 Å². The first-order valence-corrected chi connectivity index (χ1v) is 2.00. The lowest BCUT2D eigenvalue weighted by molar-refractivity contribution is -0.176.